The number of aliphatic hydroxyl groups excluding tert-OH is 1. The molecule has 4 nitrogen and oxygen atoms in total. The monoisotopic (exact) mass is 248 g/mol. The van der Waals surface area contributed by atoms with Crippen molar-refractivity contribution in [3.8, 4) is 0 Å². The van der Waals surface area contributed by atoms with Crippen LogP contribution < -0.4 is 5.32 Å². The van der Waals surface area contributed by atoms with Gasteiger partial charge in [0.2, 0.25) is 0 Å². The lowest BCUT2D eigenvalue weighted by Crippen LogP contribution is -2.30. The van der Waals surface area contributed by atoms with Crippen LogP contribution in [0.15, 0.2) is 41.2 Å². The number of aromatic nitrogens is 1. The van der Waals surface area contributed by atoms with E-state index < -0.39 is 6.04 Å². The fourth-order valence-electron chi connectivity index (χ4n) is 1.48. The fraction of sp³-hybridized carbons (Fsp3) is 0.167. The second kappa shape index (κ2) is 5.56. The molecule has 1 amide bonds. The highest BCUT2D eigenvalue weighted by Gasteiger charge is 2.15. The van der Waals surface area contributed by atoms with E-state index in [-0.39, 0.29) is 12.5 Å². The van der Waals surface area contributed by atoms with E-state index in [0.29, 0.717) is 5.69 Å². The molecule has 0 spiro atoms. The second-order valence-electron chi connectivity index (χ2n) is 3.49. The predicted molar refractivity (Wildman–Crippen MR) is 65.8 cm³/mol. The third-order valence-electron chi connectivity index (χ3n) is 2.35. The highest BCUT2D eigenvalue weighted by Crippen LogP contribution is 2.12. The molecule has 1 atom stereocenters. The largest absolute Gasteiger partial charge is 0.394 e. The van der Waals surface area contributed by atoms with Crippen LogP contribution in [-0.2, 0) is 0 Å². The predicted octanol–water partition coefficient (Wildman–Crippen LogP) is 1.61. The summed E-state index contributed by atoms with van der Waals surface area (Å²) in [5, 5.41) is 13.7. The van der Waals surface area contributed by atoms with Crippen molar-refractivity contribution in [1.29, 1.82) is 0 Å². The molecule has 0 aliphatic heterocycles. The number of amides is 1. The summed E-state index contributed by atoms with van der Waals surface area (Å²) in [5.74, 6) is -0.269. The third-order valence-corrected chi connectivity index (χ3v) is 2.94. The number of hydrogen-bond donors (Lipinski definition) is 2. The van der Waals surface area contributed by atoms with Gasteiger partial charge in [-0.25, -0.2) is 4.98 Å². The minimum absolute atomic E-state index is 0.139. The highest BCUT2D eigenvalue weighted by atomic mass is 32.1. The summed E-state index contributed by atoms with van der Waals surface area (Å²) in [6.45, 7) is -0.139. The van der Waals surface area contributed by atoms with Crippen LogP contribution in [0.1, 0.15) is 22.1 Å². The standard InChI is InChI=1S/C12H12N2O2S/c15-6-10(9-4-2-1-3-5-9)14-12(16)11-7-17-8-13-11/h1-5,7-8,10,15H,6H2,(H,14,16)/t10-/m0/s1. The maximum atomic E-state index is 11.8. The molecule has 1 aromatic carbocycles. The lowest BCUT2D eigenvalue weighted by molar-refractivity contribution is 0.0912. The van der Waals surface area contributed by atoms with Crippen molar-refractivity contribution < 1.29 is 9.90 Å². The molecule has 0 bridgehead atoms. The molecule has 0 fully saturated rings. The van der Waals surface area contributed by atoms with Gasteiger partial charge >= 0.3 is 0 Å². The summed E-state index contributed by atoms with van der Waals surface area (Å²) >= 11 is 1.36. The highest BCUT2D eigenvalue weighted by molar-refractivity contribution is 7.07. The van der Waals surface area contributed by atoms with Crippen LogP contribution in [0.25, 0.3) is 0 Å². The first kappa shape index (κ1) is 11.8. The normalized spacial score (nSPS) is 12.1. The Balaban J connectivity index is 2.09. The minimum atomic E-state index is -0.398. The van der Waals surface area contributed by atoms with Gasteiger partial charge in [0, 0.05) is 5.38 Å². The van der Waals surface area contributed by atoms with Crippen molar-refractivity contribution in [2.75, 3.05) is 6.61 Å². The Labute approximate surface area is 103 Å². The number of nitrogens with one attached hydrogen (secondary N) is 1. The summed E-state index contributed by atoms with van der Waals surface area (Å²) in [7, 11) is 0. The fourth-order valence-corrected chi connectivity index (χ4v) is 2.01. The molecule has 0 aliphatic rings. The number of aliphatic hydroxyl groups is 1. The molecule has 0 aliphatic carbocycles. The van der Waals surface area contributed by atoms with Gasteiger partial charge in [-0.15, -0.1) is 11.3 Å². The van der Waals surface area contributed by atoms with Crippen LogP contribution in [0.3, 0.4) is 0 Å². The van der Waals surface area contributed by atoms with E-state index in [9.17, 15) is 9.90 Å². The van der Waals surface area contributed by atoms with Gasteiger partial charge in [-0.2, -0.15) is 0 Å². The smallest absolute Gasteiger partial charge is 0.271 e. The van der Waals surface area contributed by atoms with Crippen LogP contribution in [0.4, 0.5) is 0 Å². The number of carbonyl (C=O) groups excluding carboxylic acids is 1. The first-order valence-electron chi connectivity index (χ1n) is 5.16. The zero-order valence-corrected chi connectivity index (χ0v) is 9.85. The van der Waals surface area contributed by atoms with Gasteiger partial charge in [-0.1, -0.05) is 30.3 Å². The summed E-state index contributed by atoms with van der Waals surface area (Å²) in [6, 6.07) is 8.95. The van der Waals surface area contributed by atoms with Gasteiger partial charge < -0.3 is 10.4 Å². The summed E-state index contributed by atoms with van der Waals surface area (Å²) in [6.07, 6.45) is 0. The van der Waals surface area contributed by atoms with Crippen molar-refractivity contribution in [3.05, 3.63) is 52.5 Å². The molecule has 88 valence electrons. The van der Waals surface area contributed by atoms with Crippen LogP contribution in [0.2, 0.25) is 0 Å². The molecule has 2 N–H and O–H groups in total. The van der Waals surface area contributed by atoms with Gasteiger partial charge in [0.15, 0.2) is 0 Å². The van der Waals surface area contributed by atoms with E-state index in [1.54, 1.807) is 10.9 Å². The molecule has 2 rings (SSSR count). The van der Waals surface area contributed by atoms with E-state index in [0.717, 1.165) is 5.56 Å². The first-order valence-corrected chi connectivity index (χ1v) is 6.10. The van der Waals surface area contributed by atoms with Crippen LogP contribution in [0.5, 0.6) is 0 Å². The molecule has 0 saturated heterocycles. The number of hydrogen-bond acceptors (Lipinski definition) is 4. The average molecular weight is 248 g/mol. The summed E-state index contributed by atoms with van der Waals surface area (Å²) in [5.41, 5.74) is 2.86. The number of nitrogens with zero attached hydrogens (tertiary/aromatic N) is 1. The Morgan fingerprint density at radius 3 is 2.76 bits per heavy atom. The van der Waals surface area contributed by atoms with Crippen molar-refractivity contribution in [2.24, 2.45) is 0 Å². The van der Waals surface area contributed by atoms with Gasteiger partial charge in [0.25, 0.3) is 5.91 Å². The number of thiazole rings is 1. The van der Waals surface area contributed by atoms with Gasteiger partial charge in [-0.3, -0.25) is 4.79 Å². The van der Waals surface area contributed by atoms with Crippen LogP contribution >= 0.6 is 11.3 Å². The summed E-state index contributed by atoms with van der Waals surface area (Å²) < 4.78 is 0. The maximum Gasteiger partial charge on any atom is 0.271 e. The number of carbonyl (C=O) groups is 1. The molecular formula is C12H12N2O2S. The van der Waals surface area contributed by atoms with Gasteiger partial charge in [0.05, 0.1) is 18.2 Å². The molecule has 2 aromatic rings. The van der Waals surface area contributed by atoms with Gasteiger partial charge in [-0.05, 0) is 5.56 Å². The van der Waals surface area contributed by atoms with E-state index in [1.807, 2.05) is 30.3 Å². The Morgan fingerprint density at radius 1 is 1.41 bits per heavy atom. The summed E-state index contributed by atoms with van der Waals surface area (Å²) in [4.78, 5) is 15.7. The van der Waals surface area contributed by atoms with E-state index >= 15 is 0 Å². The van der Waals surface area contributed by atoms with E-state index in [1.165, 1.54) is 11.3 Å². The maximum absolute atomic E-state index is 11.8. The van der Waals surface area contributed by atoms with Crippen LogP contribution in [0, 0.1) is 0 Å². The minimum Gasteiger partial charge on any atom is -0.394 e. The molecule has 0 unspecified atom stereocenters. The Bertz CT molecular complexity index is 471. The molecule has 0 saturated carbocycles. The number of benzene rings is 1. The van der Waals surface area contributed by atoms with E-state index in [4.69, 9.17) is 0 Å². The van der Waals surface area contributed by atoms with Crippen LogP contribution in [-0.4, -0.2) is 22.6 Å². The Kier molecular flexibility index (Phi) is 3.85. The van der Waals surface area contributed by atoms with Crippen molar-refractivity contribution in [3.63, 3.8) is 0 Å². The zero-order valence-electron chi connectivity index (χ0n) is 9.04. The van der Waals surface area contributed by atoms with Crippen molar-refractivity contribution in [1.82, 2.24) is 10.3 Å². The Hall–Kier alpha value is -1.72. The van der Waals surface area contributed by atoms with Crippen molar-refractivity contribution >= 4 is 17.2 Å². The quantitative estimate of drug-likeness (QED) is 0.864. The van der Waals surface area contributed by atoms with Gasteiger partial charge in [0.1, 0.15) is 5.69 Å². The van der Waals surface area contributed by atoms with Crippen molar-refractivity contribution in [2.45, 2.75) is 6.04 Å². The molecule has 0 radical (unpaired) electrons. The molecular weight excluding hydrogens is 236 g/mol. The average Bonchev–Trinajstić information content (AvgIpc) is 2.90. The first-order chi connectivity index (χ1) is 8.31. The molecule has 1 heterocycles. The topological polar surface area (TPSA) is 62.2 Å². The SMILES string of the molecule is O=C(N[C@@H](CO)c1ccccc1)c1cscn1. The lowest BCUT2D eigenvalue weighted by Gasteiger charge is -2.15. The zero-order chi connectivity index (χ0) is 12.1. The Morgan fingerprint density at radius 2 is 2.18 bits per heavy atom. The molecule has 1 aromatic heterocycles. The van der Waals surface area contributed by atoms with E-state index in [2.05, 4.69) is 10.3 Å². The lowest BCUT2D eigenvalue weighted by atomic mass is 10.1. The number of rotatable bonds is 4. The molecule has 17 heavy (non-hydrogen) atoms. The third kappa shape index (κ3) is 2.89. The molecule has 5 heteroatoms. The second-order valence-corrected chi connectivity index (χ2v) is 4.21.